The van der Waals surface area contributed by atoms with Gasteiger partial charge < -0.3 is 14.4 Å². The number of allylic oxidation sites excluding steroid dienone is 2. The van der Waals surface area contributed by atoms with Crippen molar-refractivity contribution in [3.05, 3.63) is 60.2 Å². The summed E-state index contributed by atoms with van der Waals surface area (Å²) in [5.41, 5.74) is 2.20. The maximum Gasteiger partial charge on any atom is 0.316 e. The number of fused-ring (bicyclic) bond motifs is 1. The van der Waals surface area contributed by atoms with Crippen molar-refractivity contribution < 1.29 is 28.7 Å². The summed E-state index contributed by atoms with van der Waals surface area (Å²) in [7, 11) is 0. The number of carbonyl (C=O) groups is 4. The van der Waals surface area contributed by atoms with Crippen molar-refractivity contribution in [3.8, 4) is 11.5 Å². The number of esters is 1. The van der Waals surface area contributed by atoms with Crippen LogP contribution in [0.3, 0.4) is 0 Å². The molecule has 1 aliphatic carbocycles. The molecular formula is C28H28N2O6. The zero-order valence-corrected chi connectivity index (χ0v) is 20.3. The molecule has 0 spiro atoms. The van der Waals surface area contributed by atoms with Crippen LogP contribution in [0.15, 0.2) is 60.2 Å². The summed E-state index contributed by atoms with van der Waals surface area (Å²) in [4.78, 5) is 54.3. The summed E-state index contributed by atoms with van der Waals surface area (Å²) >= 11 is 0. The second-order valence-electron chi connectivity index (χ2n) is 9.47. The maximum atomic E-state index is 13.0. The van der Waals surface area contributed by atoms with Crippen LogP contribution in [0, 0.1) is 17.8 Å². The minimum atomic E-state index is -0.625. The second-order valence-corrected chi connectivity index (χ2v) is 9.47. The first-order chi connectivity index (χ1) is 17.4. The molecule has 0 bridgehead atoms. The highest BCUT2D eigenvalue weighted by atomic mass is 16.5. The lowest BCUT2D eigenvalue weighted by Gasteiger charge is -2.18. The van der Waals surface area contributed by atoms with Crippen LogP contribution in [-0.2, 0) is 19.2 Å². The number of ether oxygens (including phenoxy) is 2. The van der Waals surface area contributed by atoms with Crippen molar-refractivity contribution in [2.24, 2.45) is 17.8 Å². The monoisotopic (exact) mass is 488 g/mol. The van der Waals surface area contributed by atoms with E-state index in [1.807, 2.05) is 19.9 Å². The van der Waals surface area contributed by atoms with E-state index in [0.717, 1.165) is 5.57 Å². The van der Waals surface area contributed by atoms with E-state index in [9.17, 15) is 19.2 Å². The molecule has 3 aliphatic rings. The van der Waals surface area contributed by atoms with Crippen molar-refractivity contribution >= 4 is 35.1 Å². The van der Waals surface area contributed by atoms with Crippen LogP contribution in [0.2, 0.25) is 0 Å². The number of rotatable bonds is 6. The highest BCUT2D eigenvalue weighted by Crippen LogP contribution is 2.40. The summed E-state index contributed by atoms with van der Waals surface area (Å²) in [6, 6.07) is 13.6. The number of imide groups is 1. The predicted octanol–water partition coefficient (Wildman–Crippen LogP) is 3.89. The van der Waals surface area contributed by atoms with Crippen molar-refractivity contribution in [2.75, 3.05) is 23.0 Å². The largest absolute Gasteiger partial charge is 0.494 e. The third-order valence-electron chi connectivity index (χ3n) is 7.04. The highest BCUT2D eigenvalue weighted by molar-refractivity contribution is 6.22. The molecule has 5 rings (SSSR count). The van der Waals surface area contributed by atoms with Crippen LogP contribution >= 0.6 is 0 Å². The van der Waals surface area contributed by atoms with Crippen molar-refractivity contribution in [2.45, 2.75) is 33.1 Å². The first kappa shape index (κ1) is 23.8. The Labute approximate surface area is 209 Å². The van der Waals surface area contributed by atoms with E-state index < -0.39 is 11.9 Å². The number of carbonyl (C=O) groups excluding carboxylic acids is 4. The van der Waals surface area contributed by atoms with Crippen molar-refractivity contribution in [1.82, 2.24) is 0 Å². The Morgan fingerprint density at radius 3 is 2.44 bits per heavy atom. The van der Waals surface area contributed by atoms with E-state index in [0.29, 0.717) is 36.6 Å². The Bertz CT molecular complexity index is 1250. The molecule has 2 heterocycles. The average Bonchev–Trinajstić information content (AvgIpc) is 3.37. The number of hydrogen-bond donors (Lipinski definition) is 0. The fourth-order valence-electron chi connectivity index (χ4n) is 5.18. The molecule has 8 heteroatoms. The number of benzene rings is 2. The molecule has 36 heavy (non-hydrogen) atoms. The van der Waals surface area contributed by atoms with Crippen LogP contribution in [-0.4, -0.2) is 36.8 Å². The van der Waals surface area contributed by atoms with Gasteiger partial charge in [-0.3, -0.25) is 19.2 Å². The highest BCUT2D eigenvalue weighted by Gasteiger charge is 2.48. The van der Waals surface area contributed by atoms with Gasteiger partial charge in [0.2, 0.25) is 17.7 Å². The molecular weight excluding hydrogens is 460 g/mol. The molecule has 0 saturated carbocycles. The normalized spacial score (nSPS) is 23.6. The van der Waals surface area contributed by atoms with Gasteiger partial charge in [-0.15, -0.1) is 0 Å². The van der Waals surface area contributed by atoms with Crippen LogP contribution in [0.5, 0.6) is 11.5 Å². The van der Waals surface area contributed by atoms with Gasteiger partial charge in [-0.25, -0.2) is 4.90 Å². The molecule has 8 nitrogen and oxygen atoms in total. The van der Waals surface area contributed by atoms with Gasteiger partial charge in [0.25, 0.3) is 0 Å². The SMILES string of the molecule is CCOc1ccc(N2C[C@H](C(=O)Oc3cccc(N4C(=O)[C@@H]5CC=C(C)C[C@H]5C4=O)c3)CC2=O)cc1. The van der Waals surface area contributed by atoms with Gasteiger partial charge in [0.05, 0.1) is 30.0 Å². The van der Waals surface area contributed by atoms with E-state index in [-0.39, 0.29) is 48.3 Å². The zero-order chi connectivity index (χ0) is 25.4. The third kappa shape index (κ3) is 4.39. The summed E-state index contributed by atoms with van der Waals surface area (Å²) in [6.45, 7) is 4.64. The lowest BCUT2D eigenvalue weighted by atomic mass is 9.82. The maximum absolute atomic E-state index is 13.0. The molecule has 0 N–H and O–H groups in total. The molecule has 2 aromatic rings. The fourth-order valence-corrected chi connectivity index (χ4v) is 5.18. The van der Waals surface area contributed by atoms with Gasteiger partial charge in [-0.1, -0.05) is 17.7 Å². The van der Waals surface area contributed by atoms with Crippen LogP contribution < -0.4 is 19.3 Å². The second kappa shape index (κ2) is 9.60. The smallest absolute Gasteiger partial charge is 0.316 e. The van der Waals surface area contributed by atoms with Crippen molar-refractivity contribution in [3.63, 3.8) is 0 Å². The Hall–Kier alpha value is -3.94. The van der Waals surface area contributed by atoms with Gasteiger partial charge in [0.1, 0.15) is 11.5 Å². The van der Waals surface area contributed by atoms with E-state index >= 15 is 0 Å². The third-order valence-corrected chi connectivity index (χ3v) is 7.04. The summed E-state index contributed by atoms with van der Waals surface area (Å²) in [6.07, 6.45) is 3.21. The molecule has 3 atom stereocenters. The molecule has 2 aromatic carbocycles. The molecule has 2 fully saturated rings. The van der Waals surface area contributed by atoms with Gasteiger partial charge in [-0.2, -0.15) is 0 Å². The molecule has 2 aliphatic heterocycles. The zero-order valence-electron chi connectivity index (χ0n) is 20.3. The molecule has 2 saturated heterocycles. The summed E-state index contributed by atoms with van der Waals surface area (Å²) in [5.74, 6) is -1.48. The van der Waals surface area contributed by atoms with E-state index in [4.69, 9.17) is 9.47 Å². The molecule has 0 aromatic heterocycles. The minimum Gasteiger partial charge on any atom is -0.494 e. The van der Waals surface area contributed by atoms with Crippen LogP contribution in [0.25, 0.3) is 0 Å². The summed E-state index contributed by atoms with van der Waals surface area (Å²) < 4.78 is 11.0. The lowest BCUT2D eigenvalue weighted by Crippen LogP contribution is -2.31. The number of nitrogens with zero attached hydrogens (tertiary/aromatic N) is 2. The summed E-state index contributed by atoms with van der Waals surface area (Å²) in [5, 5.41) is 0. The minimum absolute atomic E-state index is 0.0462. The van der Waals surface area contributed by atoms with Gasteiger partial charge in [0.15, 0.2) is 0 Å². The van der Waals surface area contributed by atoms with Crippen molar-refractivity contribution in [1.29, 1.82) is 0 Å². The average molecular weight is 489 g/mol. The first-order valence-corrected chi connectivity index (χ1v) is 12.2. The molecule has 186 valence electrons. The standard InChI is InChI=1S/C28H28N2O6/c1-3-35-21-10-8-19(9-11-21)29-16-18(14-25(29)31)28(34)36-22-6-4-5-20(15-22)30-26(32)23-12-7-17(2)13-24(23)27(30)33/h4-11,15,18,23-24H,3,12-14,16H2,1-2H3/t18-,23-,24-/m1/s1. The van der Waals surface area contributed by atoms with Gasteiger partial charge in [-0.05, 0) is 63.1 Å². The number of amides is 3. The molecule has 0 unspecified atom stereocenters. The van der Waals surface area contributed by atoms with Gasteiger partial charge >= 0.3 is 5.97 Å². The van der Waals surface area contributed by atoms with Crippen LogP contribution in [0.1, 0.15) is 33.1 Å². The Kier molecular flexibility index (Phi) is 6.35. The lowest BCUT2D eigenvalue weighted by molar-refractivity contribution is -0.139. The predicted molar refractivity (Wildman–Crippen MR) is 133 cm³/mol. The van der Waals surface area contributed by atoms with Gasteiger partial charge in [0, 0.05) is 24.7 Å². The van der Waals surface area contributed by atoms with E-state index in [2.05, 4.69) is 0 Å². The fraction of sp³-hybridized carbons (Fsp3) is 0.357. The first-order valence-electron chi connectivity index (χ1n) is 12.2. The Morgan fingerprint density at radius 1 is 0.944 bits per heavy atom. The topological polar surface area (TPSA) is 93.2 Å². The Balaban J connectivity index is 1.26. The van der Waals surface area contributed by atoms with E-state index in [1.165, 1.54) is 11.0 Å². The van der Waals surface area contributed by atoms with Crippen LogP contribution in [0.4, 0.5) is 11.4 Å². The molecule has 3 amide bonds. The number of hydrogen-bond acceptors (Lipinski definition) is 6. The Morgan fingerprint density at radius 2 is 1.69 bits per heavy atom. The number of anilines is 2. The quantitative estimate of drug-likeness (QED) is 0.265. The van der Waals surface area contributed by atoms with E-state index in [1.54, 1.807) is 47.4 Å². The molecule has 0 radical (unpaired) electrons.